The summed E-state index contributed by atoms with van der Waals surface area (Å²) in [5.41, 5.74) is 0.474. The largest absolute Gasteiger partial charge is 0.396 e. The Labute approximate surface area is 82.3 Å². The van der Waals surface area contributed by atoms with Gasteiger partial charge in [0.25, 0.3) is 0 Å². The summed E-state index contributed by atoms with van der Waals surface area (Å²) >= 11 is 0. The monoisotopic (exact) mass is 188 g/mol. The van der Waals surface area contributed by atoms with Crippen molar-refractivity contribution in [1.82, 2.24) is 0 Å². The van der Waals surface area contributed by atoms with Gasteiger partial charge in [0.1, 0.15) is 0 Å². The van der Waals surface area contributed by atoms with E-state index in [1.54, 1.807) is 0 Å². The summed E-state index contributed by atoms with van der Waals surface area (Å²) in [7, 11) is 0. The SMILES string of the molecule is C=CCC(C)(C)CC.OCCCO. The Balaban J connectivity index is 0. The maximum absolute atomic E-state index is 7.91. The molecule has 0 saturated heterocycles. The van der Waals surface area contributed by atoms with Crippen molar-refractivity contribution in [3.63, 3.8) is 0 Å². The lowest BCUT2D eigenvalue weighted by atomic mass is 9.87. The summed E-state index contributed by atoms with van der Waals surface area (Å²) in [4.78, 5) is 0. The minimum atomic E-state index is 0.0938. The minimum absolute atomic E-state index is 0.0938. The van der Waals surface area contributed by atoms with Crippen molar-refractivity contribution < 1.29 is 10.2 Å². The van der Waals surface area contributed by atoms with Crippen molar-refractivity contribution in [1.29, 1.82) is 0 Å². The first kappa shape index (κ1) is 15.1. The van der Waals surface area contributed by atoms with Gasteiger partial charge in [-0.2, -0.15) is 0 Å². The fourth-order valence-corrected chi connectivity index (χ4v) is 0.606. The normalized spacial score (nSPS) is 10.2. The molecule has 2 heteroatoms. The highest BCUT2D eigenvalue weighted by molar-refractivity contribution is 4.77. The molecule has 0 aliphatic rings. The topological polar surface area (TPSA) is 40.5 Å². The molecular formula is C11H24O2. The van der Waals surface area contributed by atoms with Crippen LogP contribution in [0.5, 0.6) is 0 Å². The van der Waals surface area contributed by atoms with Gasteiger partial charge in [0.2, 0.25) is 0 Å². The number of hydrogen-bond donors (Lipinski definition) is 2. The van der Waals surface area contributed by atoms with Gasteiger partial charge in [-0.25, -0.2) is 0 Å². The van der Waals surface area contributed by atoms with E-state index in [-0.39, 0.29) is 13.2 Å². The molecule has 0 rings (SSSR count). The second-order valence-corrected chi connectivity index (χ2v) is 3.81. The molecule has 0 atom stereocenters. The van der Waals surface area contributed by atoms with E-state index < -0.39 is 0 Å². The van der Waals surface area contributed by atoms with Gasteiger partial charge >= 0.3 is 0 Å². The van der Waals surface area contributed by atoms with Gasteiger partial charge < -0.3 is 10.2 Å². The second-order valence-electron chi connectivity index (χ2n) is 3.81. The van der Waals surface area contributed by atoms with E-state index in [1.165, 1.54) is 6.42 Å². The molecule has 0 heterocycles. The van der Waals surface area contributed by atoms with Crippen molar-refractivity contribution in [2.75, 3.05) is 13.2 Å². The molecule has 0 unspecified atom stereocenters. The molecule has 13 heavy (non-hydrogen) atoms. The molecule has 0 aromatic carbocycles. The van der Waals surface area contributed by atoms with Crippen molar-refractivity contribution in [3.8, 4) is 0 Å². The highest BCUT2D eigenvalue weighted by Crippen LogP contribution is 2.23. The Kier molecular flexibility index (Phi) is 11.4. The maximum atomic E-state index is 7.91. The molecule has 0 aromatic rings. The zero-order valence-electron chi connectivity index (χ0n) is 9.21. The lowest BCUT2D eigenvalue weighted by molar-refractivity contribution is 0.221. The highest BCUT2D eigenvalue weighted by atomic mass is 16.3. The first-order valence-corrected chi connectivity index (χ1v) is 4.86. The average molecular weight is 188 g/mol. The van der Waals surface area contributed by atoms with E-state index in [0.717, 1.165) is 6.42 Å². The lowest BCUT2D eigenvalue weighted by Crippen LogP contribution is -2.06. The van der Waals surface area contributed by atoms with Gasteiger partial charge in [-0.05, 0) is 18.3 Å². The summed E-state index contributed by atoms with van der Waals surface area (Å²) in [6.07, 6.45) is 4.85. The van der Waals surface area contributed by atoms with Crippen LogP contribution in [0, 0.1) is 5.41 Å². The molecule has 0 fully saturated rings. The van der Waals surface area contributed by atoms with E-state index in [4.69, 9.17) is 10.2 Å². The van der Waals surface area contributed by atoms with Crippen LogP contribution in [0.3, 0.4) is 0 Å². The van der Waals surface area contributed by atoms with Crippen LogP contribution in [0.1, 0.15) is 40.0 Å². The first-order valence-electron chi connectivity index (χ1n) is 4.86. The third kappa shape index (κ3) is 14.5. The Bertz CT molecular complexity index is 107. The Morgan fingerprint density at radius 1 is 1.23 bits per heavy atom. The van der Waals surface area contributed by atoms with Crippen molar-refractivity contribution in [2.45, 2.75) is 40.0 Å². The van der Waals surface area contributed by atoms with Crippen LogP contribution in [0.15, 0.2) is 12.7 Å². The third-order valence-electron chi connectivity index (χ3n) is 1.97. The number of aliphatic hydroxyl groups is 2. The van der Waals surface area contributed by atoms with Gasteiger partial charge in [0.15, 0.2) is 0 Å². The van der Waals surface area contributed by atoms with Gasteiger partial charge in [0.05, 0.1) is 0 Å². The Hall–Kier alpha value is -0.340. The van der Waals surface area contributed by atoms with Crippen LogP contribution in [-0.2, 0) is 0 Å². The molecule has 0 aliphatic carbocycles. The van der Waals surface area contributed by atoms with E-state index in [1.807, 2.05) is 6.08 Å². The first-order chi connectivity index (χ1) is 6.04. The number of rotatable bonds is 5. The number of hydrogen-bond acceptors (Lipinski definition) is 2. The van der Waals surface area contributed by atoms with Crippen LogP contribution in [0.2, 0.25) is 0 Å². The smallest absolute Gasteiger partial charge is 0.0452 e. The summed E-state index contributed by atoms with van der Waals surface area (Å²) in [5.74, 6) is 0. The van der Waals surface area contributed by atoms with E-state index in [9.17, 15) is 0 Å². The molecule has 0 aromatic heterocycles. The Morgan fingerprint density at radius 3 is 1.77 bits per heavy atom. The predicted octanol–water partition coefficient (Wildman–Crippen LogP) is 2.36. The van der Waals surface area contributed by atoms with Gasteiger partial charge in [0, 0.05) is 13.2 Å². The fraction of sp³-hybridized carbons (Fsp3) is 0.818. The maximum Gasteiger partial charge on any atom is 0.0452 e. The van der Waals surface area contributed by atoms with Crippen LogP contribution in [0.4, 0.5) is 0 Å². The molecule has 0 aliphatic heterocycles. The molecule has 0 amide bonds. The zero-order chi connectivity index (χ0) is 10.7. The van der Waals surface area contributed by atoms with Crippen LogP contribution in [-0.4, -0.2) is 23.4 Å². The molecule has 0 spiro atoms. The second kappa shape index (κ2) is 9.75. The minimum Gasteiger partial charge on any atom is -0.396 e. The van der Waals surface area contributed by atoms with E-state index in [2.05, 4.69) is 27.4 Å². The van der Waals surface area contributed by atoms with Crippen LogP contribution in [0.25, 0.3) is 0 Å². The summed E-state index contributed by atoms with van der Waals surface area (Å²) < 4.78 is 0. The summed E-state index contributed by atoms with van der Waals surface area (Å²) in [5, 5.41) is 15.8. The summed E-state index contributed by atoms with van der Waals surface area (Å²) in [6, 6.07) is 0. The standard InChI is InChI=1S/C8H16.C3H8O2/c1-5-7-8(3,4)6-2;4-2-1-3-5/h5H,1,6-7H2,2-4H3;4-5H,1-3H2. The van der Waals surface area contributed by atoms with Crippen molar-refractivity contribution in [3.05, 3.63) is 12.7 Å². The molecule has 0 radical (unpaired) electrons. The quantitative estimate of drug-likeness (QED) is 0.650. The van der Waals surface area contributed by atoms with Gasteiger partial charge in [-0.3, -0.25) is 0 Å². The van der Waals surface area contributed by atoms with E-state index >= 15 is 0 Å². The molecular weight excluding hydrogens is 164 g/mol. The lowest BCUT2D eigenvalue weighted by Gasteiger charge is -2.19. The number of aliphatic hydroxyl groups excluding tert-OH is 2. The van der Waals surface area contributed by atoms with E-state index in [0.29, 0.717) is 11.8 Å². The molecule has 0 bridgehead atoms. The Morgan fingerprint density at radius 2 is 1.69 bits per heavy atom. The van der Waals surface area contributed by atoms with Gasteiger partial charge in [-0.15, -0.1) is 6.58 Å². The molecule has 80 valence electrons. The molecule has 2 nitrogen and oxygen atoms in total. The van der Waals surface area contributed by atoms with Crippen LogP contribution >= 0.6 is 0 Å². The van der Waals surface area contributed by atoms with Crippen LogP contribution < -0.4 is 0 Å². The zero-order valence-corrected chi connectivity index (χ0v) is 9.21. The number of allylic oxidation sites excluding steroid dienone is 1. The average Bonchev–Trinajstić information content (AvgIpc) is 2.07. The predicted molar refractivity (Wildman–Crippen MR) is 57.7 cm³/mol. The van der Waals surface area contributed by atoms with Crippen molar-refractivity contribution >= 4 is 0 Å². The fourth-order valence-electron chi connectivity index (χ4n) is 0.606. The highest BCUT2D eigenvalue weighted by Gasteiger charge is 2.10. The molecule has 0 saturated carbocycles. The van der Waals surface area contributed by atoms with Crippen molar-refractivity contribution in [2.24, 2.45) is 5.41 Å². The van der Waals surface area contributed by atoms with Gasteiger partial charge in [-0.1, -0.05) is 33.3 Å². The summed E-state index contributed by atoms with van der Waals surface area (Å²) in [6.45, 7) is 10.6. The molecule has 2 N–H and O–H groups in total. The third-order valence-corrected chi connectivity index (χ3v) is 1.97.